The molecule has 0 atom stereocenters. The van der Waals surface area contributed by atoms with E-state index in [1.165, 1.54) is 6.07 Å². The highest BCUT2D eigenvalue weighted by molar-refractivity contribution is 7.89. The summed E-state index contributed by atoms with van der Waals surface area (Å²) in [6, 6.07) is 14.0. The van der Waals surface area contributed by atoms with Crippen molar-refractivity contribution in [1.29, 1.82) is 0 Å². The highest BCUT2D eigenvalue weighted by atomic mass is 32.2. The highest BCUT2D eigenvalue weighted by Crippen LogP contribution is 2.27. The molecule has 2 rings (SSSR count). The molecule has 0 saturated heterocycles. The molecule has 4 heteroatoms. The van der Waals surface area contributed by atoms with Crippen LogP contribution in [0.1, 0.15) is 5.56 Å². The first kappa shape index (κ1) is 12.5. The fraction of sp³-hybridized carbons (Fsp3) is 0. The molecule has 0 spiro atoms. The molecule has 0 bridgehead atoms. The van der Waals surface area contributed by atoms with E-state index in [2.05, 4.69) is 12.7 Å². The Morgan fingerprint density at radius 3 is 2.28 bits per heavy atom. The Morgan fingerprint density at radius 1 is 1.06 bits per heavy atom. The molecule has 91 valence electrons. The van der Waals surface area contributed by atoms with Gasteiger partial charge in [0, 0.05) is 5.56 Å². The largest absolute Gasteiger partial charge is 0.238 e. The maximum absolute atomic E-state index is 11.6. The Labute approximate surface area is 107 Å². The van der Waals surface area contributed by atoms with E-state index in [4.69, 9.17) is 5.14 Å². The lowest BCUT2D eigenvalue weighted by molar-refractivity contribution is 0.598. The molecular weight excluding hydrogens is 246 g/mol. The minimum atomic E-state index is -3.75. The van der Waals surface area contributed by atoms with E-state index in [1.807, 2.05) is 30.3 Å². The number of nitrogens with two attached hydrogens (primary N) is 1. The average Bonchev–Trinajstić information content (AvgIpc) is 2.38. The van der Waals surface area contributed by atoms with Crippen molar-refractivity contribution < 1.29 is 8.42 Å². The Kier molecular flexibility index (Phi) is 3.32. The van der Waals surface area contributed by atoms with Gasteiger partial charge in [-0.1, -0.05) is 43.0 Å². The van der Waals surface area contributed by atoms with Crippen LogP contribution in [0.15, 0.2) is 60.0 Å². The predicted octanol–water partition coefficient (Wildman–Crippen LogP) is 2.34. The topological polar surface area (TPSA) is 60.2 Å². The van der Waals surface area contributed by atoms with Gasteiger partial charge in [-0.3, -0.25) is 0 Å². The van der Waals surface area contributed by atoms with Crippen LogP contribution in [0.5, 0.6) is 0 Å². The van der Waals surface area contributed by atoms with Crippen molar-refractivity contribution in [2.75, 3.05) is 0 Å². The molecule has 0 fully saturated rings. The smallest absolute Gasteiger partial charge is 0.225 e. The summed E-state index contributed by atoms with van der Waals surface area (Å²) in [5.74, 6) is 0. The minimum absolute atomic E-state index is 0.104. The third kappa shape index (κ3) is 2.50. The maximum Gasteiger partial charge on any atom is 0.238 e. The summed E-state index contributed by atoms with van der Waals surface area (Å²) in [5, 5.41) is 5.22. The second-order valence-electron chi connectivity index (χ2n) is 3.80. The second-order valence-corrected chi connectivity index (χ2v) is 5.33. The first-order chi connectivity index (χ1) is 8.52. The quantitative estimate of drug-likeness (QED) is 0.918. The zero-order chi connectivity index (χ0) is 13.2. The molecule has 0 aliphatic carbocycles. The van der Waals surface area contributed by atoms with Gasteiger partial charge in [0.1, 0.15) is 0 Å². The summed E-state index contributed by atoms with van der Waals surface area (Å²) < 4.78 is 23.1. The molecule has 0 unspecified atom stereocenters. The molecule has 0 aliphatic heterocycles. The number of sulfonamides is 1. The summed E-state index contributed by atoms with van der Waals surface area (Å²) in [5.41, 5.74) is 2.08. The second kappa shape index (κ2) is 4.76. The van der Waals surface area contributed by atoms with Gasteiger partial charge in [-0.15, -0.1) is 0 Å². The van der Waals surface area contributed by atoms with Crippen molar-refractivity contribution in [1.82, 2.24) is 0 Å². The first-order valence-electron chi connectivity index (χ1n) is 5.28. The van der Waals surface area contributed by atoms with E-state index in [0.29, 0.717) is 5.56 Å². The molecule has 2 N–H and O–H groups in total. The molecular formula is C14H12NO2S. The maximum atomic E-state index is 11.6. The third-order valence-corrected chi connectivity index (χ3v) is 3.54. The number of benzene rings is 2. The minimum Gasteiger partial charge on any atom is -0.225 e. The molecule has 2 aromatic carbocycles. The summed E-state index contributed by atoms with van der Waals surface area (Å²) in [6.45, 7) is 3.55. The predicted molar refractivity (Wildman–Crippen MR) is 71.2 cm³/mol. The molecule has 0 saturated carbocycles. The van der Waals surface area contributed by atoms with Gasteiger partial charge in [-0.25, -0.2) is 13.6 Å². The summed E-state index contributed by atoms with van der Waals surface area (Å²) in [4.78, 5) is 0.104. The van der Waals surface area contributed by atoms with Gasteiger partial charge in [0.25, 0.3) is 0 Å². The van der Waals surface area contributed by atoms with Gasteiger partial charge in [-0.2, -0.15) is 0 Å². The van der Waals surface area contributed by atoms with Crippen LogP contribution in [0.4, 0.5) is 0 Å². The van der Waals surface area contributed by atoms with E-state index >= 15 is 0 Å². The normalized spacial score (nSPS) is 11.2. The third-order valence-electron chi connectivity index (χ3n) is 2.58. The van der Waals surface area contributed by atoms with E-state index in [9.17, 15) is 8.42 Å². The van der Waals surface area contributed by atoms with Crippen LogP contribution in [-0.4, -0.2) is 8.42 Å². The van der Waals surface area contributed by atoms with Gasteiger partial charge in [0.05, 0.1) is 4.90 Å². The highest BCUT2D eigenvalue weighted by Gasteiger charge is 2.15. The van der Waals surface area contributed by atoms with Gasteiger partial charge in [0.15, 0.2) is 0 Å². The van der Waals surface area contributed by atoms with Gasteiger partial charge in [0.2, 0.25) is 10.0 Å². The number of primary sulfonamides is 1. The lowest BCUT2D eigenvalue weighted by Crippen LogP contribution is -2.13. The van der Waals surface area contributed by atoms with Crippen molar-refractivity contribution in [3.05, 3.63) is 66.7 Å². The van der Waals surface area contributed by atoms with Crippen molar-refractivity contribution in [2.24, 2.45) is 5.14 Å². The Balaban J connectivity index is 2.74. The van der Waals surface area contributed by atoms with E-state index < -0.39 is 10.0 Å². The number of hydrogen-bond acceptors (Lipinski definition) is 2. The fourth-order valence-electron chi connectivity index (χ4n) is 1.73. The molecule has 1 radical (unpaired) electrons. The zero-order valence-electron chi connectivity index (χ0n) is 9.63. The fourth-order valence-corrected chi connectivity index (χ4v) is 2.47. The lowest BCUT2D eigenvalue weighted by Gasteiger charge is -2.09. The first-order valence-corrected chi connectivity index (χ1v) is 6.82. The van der Waals surface area contributed by atoms with Crippen LogP contribution in [0, 0.1) is 6.08 Å². The van der Waals surface area contributed by atoms with Crippen LogP contribution < -0.4 is 5.14 Å². The summed E-state index contributed by atoms with van der Waals surface area (Å²) >= 11 is 0. The standard InChI is InChI=1S/C14H12NO2S/c1-2-11-8-9-14(18(15,16)17)13(10-11)12-6-4-3-5-7-12/h3-10H,1H2,(H2,15,16,17). The average molecular weight is 258 g/mol. The summed E-state index contributed by atoms with van der Waals surface area (Å²) in [7, 11) is -3.75. The Morgan fingerprint density at radius 2 is 1.72 bits per heavy atom. The van der Waals surface area contributed by atoms with Crippen molar-refractivity contribution in [3.8, 4) is 11.1 Å². The van der Waals surface area contributed by atoms with Crippen molar-refractivity contribution >= 4 is 10.0 Å². The molecule has 0 amide bonds. The molecule has 0 aliphatic rings. The summed E-state index contributed by atoms with van der Waals surface area (Å²) in [6.07, 6.45) is 2.73. The molecule has 3 nitrogen and oxygen atoms in total. The van der Waals surface area contributed by atoms with Crippen LogP contribution in [-0.2, 0) is 10.0 Å². The number of rotatable bonds is 3. The van der Waals surface area contributed by atoms with Crippen molar-refractivity contribution in [3.63, 3.8) is 0 Å². The van der Waals surface area contributed by atoms with Crippen molar-refractivity contribution in [2.45, 2.75) is 4.90 Å². The zero-order valence-corrected chi connectivity index (χ0v) is 10.4. The van der Waals surface area contributed by atoms with Gasteiger partial charge >= 0.3 is 0 Å². The monoisotopic (exact) mass is 258 g/mol. The van der Waals surface area contributed by atoms with E-state index in [1.54, 1.807) is 12.1 Å². The SMILES string of the molecule is C=[C]c1ccc(S(N)(=O)=O)c(-c2ccccc2)c1. The van der Waals surface area contributed by atoms with Crippen LogP contribution in [0.25, 0.3) is 11.1 Å². The molecule has 18 heavy (non-hydrogen) atoms. The van der Waals surface area contributed by atoms with E-state index in [-0.39, 0.29) is 4.90 Å². The number of hydrogen-bond donors (Lipinski definition) is 1. The lowest BCUT2D eigenvalue weighted by atomic mass is 10.0. The molecule has 0 heterocycles. The van der Waals surface area contributed by atoms with E-state index in [0.717, 1.165) is 11.1 Å². The van der Waals surface area contributed by atoms with Crippen LogP contribution in [0.2, 0.25) is 0 Å². The Bertz CT molecular complexity index is 676. The van der Waals surface area contributed by atoms with Gasteiger partial charge in [-0.05, 0) is 29.3 Å². The van der Waals surface area contributed by atoms with Crippen LogP contribution in [0.3, 0.4) is 0 Å². The van der Waals surface area contributed by atoms with Gasteiger partial charge < -0.3 is 0 Å². The van der Waals surface area contributed by atoms with Crippen LogP contribution >= 0.6 is 0 Å². The molecule has 0 aromatic heterocycles. The Hall–Kier alpha value is -1.91. The molecule has 2 aromatic rings.